The molecule has 4 rings (SSSR count). The molecule has 3 aromatic rings. The number of hydrogen-bond donors (Lipinski definition) is 1. The van der Waals surface area contributed by atoms with E-state index in [1.807, 2.05) is 24.3 Å². The Kier molecular flexibility index (Phi) is 6.36. The molecule has 0 unspecified atom stereocenters. The van der Waals surface area contributed by atoms with Crippen LogP contribution in [0.1, 0.15) is 39.5 Å². The molecule has 1 fully saturated rings. The Morgan fingerprint density at radius 2 is 1.97 bits per heavy atom. The minimum Gasteiger partial charge on any atom is -0.456 e. The van der Waals surface area contributed by atoms with E-state index in [4.69, 9.17) is 9.15 Å². The average Bonchev–Trinajstić information content (AvgIpc) is 3.21. The third kappa shape index (κ3) is 5.32. The van der Waals surface area contributed by atoms with Crippen LogP contribution in [0.5, 0.6) is 11.6 Å². The van der Waals surface area contributed by atoms with Crippen LogP contribution in [0.3, 0.4) is 0 Å². The van der Waals surface area contributed by atoms with Gasteiger partial charge >= 0.3 is 0 Å². The van der Waals surface area contributed by atoms with E-state index in [-0.39, 0.29) is 17.9 Å². The van der Waals surface area contributed by atoms with Crippen LogP contribution in [-0.4, -0.2) is 40.8 Å². The first-order chi connectivity index (χ1) is 15.0. The maximum Gasteiger partial charge on any atom is 0.287 e. The predicted molar refractivity (Wildman–Crippen MR) is 118 cm³/mol. The van der Waals surface area contributed by atoms with Crippen LogP contribution in [0.4, 0.5) is 0 Å². The molecule has 1 aromatic carbocycles. The fraction of sp³-hybridized carbons (Fsp3) is 0.261. The molecule has 160 valence electrons. The van der Waals surface area contributed by atoms with Crippen molar-refractivity contribution in [2.75, 3.05) is 13.1 Å². The van der Waals surface area contributed by atoms with Gasteiger partial charge in [0.1, 0.15) is 11.5 Å². The Balaban J connectivity index is 1.29. The van der Waals surface area contributed by atoms with Gasteiger partial charge in [0.25, 0.3) is 11.8 Å². The highest BCUT2D eigenvalue weighted by atomic mass is 79.9. The van der Waals surface area contributed by atoms with Gasteiger partial charge in [-0.2, -0.15) is 0 Å². The number of furan rings is 1. The minimum absolute atomic E-state index is 0.0149. The summed E-state index contributed by atoms with van der Waals surface area (Å²) in [5, 5.41) is 2.98. The molecular formula is C23H22BrN3O4. The Hall–Kier alpha value is -3.13. The summed E-state index contributed by atoms with van der Waals surface area (Å²) in [5.41, 5.74) is 0.509. The summed E-state index contributed by atoms with van der Waals surface area (Å²) in [6.45, 7) is 2.93. The summed E-state index contributed by atoms with van der Waals surface area (Å²) >= 11 is 3.40. The van der Waals surface area contributed by atoms with Crippen LogP contribution in [0.2, 0.25) is 0 Å². The number of rotatable bonds is 5. The number of likely N-dealkylation sites (tertiary alicyclic amines) is 1. The van der Waals surface area contributed by atoms with Crippen molar-refractivity contribution in [3.8, 4) is 11.6 Å². The fourth-order valence-corrected chi connectivity index (χ4v) is 3.82. The van der Waals surface area contributed by atoms with E-state index >= 15 is 0 Å². The van der Waals surface area contributed by atoms with Crippen LogP contribution < -0.4 is 10.1 Å². The Labute approximate surface area is 188 Å². The Bertz CT molecular complexity index is 1070. The molecule has 0 spiro atoms. The number of carbonyl (C=O) groups is 2. The highest BCUT2D eigenvalue weighted by Gasteiger charge is 2.25. The highest BCUT2D eigenvalue weighted by Crippen LogP contribution is 2.23. The Morgan fingerprint density at radius 1 is 1.16 bits per heavy atom. The maximum absolute atomic E-state index is 12.8. The lowest BCUT2D eigenvalue weighted by molar-refractivity contribution is 0.0695. The first kappa shape index (κ1) is 21.1. The molecule has 0 saturated carbocycles. The average molecular weight is 484 g/mol. The normalized spacial score (nSPS) is 14.3. The lowest BCUT2D eigenvalue weighted by Gasteiger charge is -2.32. The van der Waals surface area contributed by atoms with Gasteiger partial charge in [0.2, 0.25) is 5.88 Å². The fourth-order valence-electron chi connectivity index (χ4n) is 3.44. The van der Waals surface area contributed by atoms with Crippen molar-refractivity contribution in [3.05, 3.63) is 76.3 Å². The zero-order valence-corrected chi connectivity index (χ0v) is 18.6. The zero-order chi connectivity index (χ0) is 21.8. The number of piperidine rings is 1. The molecular weight excluding hydrogens is 462 g/mol. The number of hydrogen-bond acceptors (Lipinski definition) is 5. The molecule has 0 atom stereocenters. The van der Waals surface area contributed by atoms with Crippen molar-refractivity contribution >= 4 is 27.7 Å². The van der Waals surface area contributed by atoms with E-state index in [2.05, 4.69) is 26.2 Å². The van der Waals surface area contributed by atoms with Gasteiger partial charge in [-0.15, -0.1) is 0 Å². The Morgan fingerprint density at radius 3 is 2.61 bits per heavy atom. The van der Waals surface area contributed by atoms with Gasteiger partial charge in [-0.1, -0.05) is 22.0 Å². The van der Waals surface area contributed by atoms with E-state index < -0.39 is 0 Å². The molecule has 2 aromatic heterocycles. The van der Waals surface area contributed by atoms with Crippen molar-refractivity contribution in [1.82, 2.24) is 15.2 Å². The third-order valence-electron chi connectivity index (χ3n) is 5.08. The van der Waals surface area contributed by atoms with Gasteiger partial charge in [-0.25, -0.2) is 4.98 Å². The summed E-state index contributed by atoms with van der Waals surface area (Å²) in [4.78, 5) is 31.1. The molecule has 1 aliphatic heterocycles. The number of carbonyl (C=O) groups excluding carboxylic acids is 2. The number of nitrogens with zero attached hydrogens (tertiary/aromatic N) is 2. The molecule has 7 nitrogen and oxygen atoms in total. The number of halogens is 1. The summed E-state index contributed by atoms with van der Waals surface area (Å²) in [6.07, 6.45) is 2.91. The van der Waals surface area contributed by atoms with E-state index in [0.29, 0.717) is 54.6 Å². The lowest BCUT2D eigenvalue weighted by Crippen LogP contribution is -2.46. The molecule has 1 aliphatic rings. The number of aryl methyl sites for hydroxylation is 1. The molecule has 0 aliphatic carbocycles. The molecule has 0 bridgehead atoms. The summed E-state index contributed by atoms with van der Waals surface area (Å²) in [5.74, 6) is 1.80. The molecule has 0 radical (unpaired) electrons. The number of benzene rings is 1. The van der Waals surface area contributed by atoms with E-state index in [9.17, 15) is 9.59 Å². The first-order valence-electron chi connectivity index (χ1n) is 10.0. The van der Waals surface area contributed by atoms with Gasteiger partial charge in [0.15, 0.2) is 5.76 Å². The molecule has 31 heavy (non-hydrogen) atoms. The smallest absolute Gasteiger partial charge is 0.287 e. The van der Waals surface area contributed by atoms with E-state index in [1.165, 1.54) is 6.20 Å². The van der Waals surface area contributed by atoms with Gasteiger partial charge < -0.3 is 19.4 Å². The first-order valence-corrected chi connectivity index (χ1v) is 10.8. The van der Waals surface area contributed by atoms with Gasteiger partial charge in [0.05, 0.1) is 5.56 Å². The zero-order valence-electron chi connectivity index (χ0n) is 17.0. The van der Waals surface area contributed by atoms with Gasteiger partial charge in [-0.05, 0) is 56.2 Å². The van der Waals surface area contributed by atoms with E-state index in [0.717, 1.165) is 4.47 Å². The second kappa shape index (κ2) is 9.34. The van der Waals surface area contributed by atoms with Crippen LogP contribution in [0.25, 0.3) is 0 Å². The topological polar surface area (TPSA) is 84.7 Å². The lowest BCUT2D eigenvalue weighted by atomic mass is 10.0. The number of pyridine rings is 1. The molecule has 3 heterocycles. The summed E-state index contributed by atoms with van der Waals surface area (Å²) < 4.78 is 12.0. The minimum atomic E-state index is -0.219. The predicted octanol–water partition coefficient (Wildman–Crippen LogP) is 4.57. The van der Waals surface area contributed by atoms with Crippen LogP contribution in [0.15, 0.2) is 63.6 Å². The van der Waals surface area contributed by atoms with Crippen molar-refractivity contribution in [2.45, 2.75) is 25.8 Å². The molecule has 2 amide bonds. The highest BCUT2D eigenvalue weighted by molar-refractivity contribution is 9.10. The van der Waals surface area contributed by atoms with Crippen molar-refractivity contribution in [1.29, 1.82) is 0 Å². The van der Waals surface area contributed by atoms with Crippen molar-refractivity contribution < 1.29 is 18.7 Å². The summed E-state index contributed by atoms with van der Waals surface area (Å²) in [6, 6.07) is 14.3. The second-order valence-corrected chi connectivity index (χ2v) is 8.31. The van der Waals surface area contributed by atoms with Crippen molar-refractivity contribution in [3.63, 3.8) is 0 Å². The van der Waals surface area contributed by atoms with Crippen LogP contribution >= 0.6 is 15.9 Å². The second-order valence-electron chi connectivity index (χ2n) is 7.39. The number of aromatic nitrogens is 1. The standard InChI is InChI=1S/C23H22BrN3O4/c1-15-5-7-20(30-15)22(28)26-18-9-11-27(12-10-18)23(29)16-6-8-21(25-14-16)31-19-4-2-3-17(24)13-19/h2-8,13-14,18H,9-12H2,1H3,(H,26,28). The van der Waals surface area contributed by atoms with E-state index in [1.54, 1.807) is 36.1 Å². The van der Waals surface area contributed by atoms with Gasteiger partial charge in [-0.3, -0.25) is 9.59 Å². The number of nitrogens with one attached hydrogen (secondary N) is 1. The molecule has 8 heteroatoms. The molecule has 1 N–H and O–H groups in total. The molecule has 1 saturated heterocycles. The SMILES string of the molecule is Cc1ccc(C(=O)NC2CCN(C(=O)c3ccc(Oc4cccc(Br)c4)nc3)CC2)o1. The summed E-state index contributed by atoms with van der Waals surface area (Å²) in [7, 11) is 0. The largest absolute Gasteiger partial charge is 0.456 e. The van der Waals surface area contributed by atoms with Gasteiger partial charge in [0, 0.05) is 35.9 Å². The maximum atomic E-state index is 12.8. The van der Waals surface area contributed by atoms with Crippen LogP contribution in [-0.2, 0) is 0 Å². The third-order valence-corrected chi connectivity index (χ3v) is 5.58. The number of amides is 2. The number of ether oxygens (including phenoxy) is 1. The quantitative estimate of drug-likeness (QED) is 0.574. The monoisotopic (exact) mass is 483 g/mol. The van der Waals surface area contributed by atoms with Crippen LogP contribution in [0, 0.1) is 6.92 Å². The van der Waals surface area contributed by atoms with Crippen molar-refractivity contribution in [2.24, 2.45) is 0 Å².